The van der Waals surface area contributed by atoms with Gasteiger partial charge in [-0.05, 0) is 42.0 Å². The first kappa shape index (κ1) is 25.1. The highest BCUT2D eigenvalue weighted by molar-refractivity contribution is 7.99. The molecule has 11 heteroatoms. The van der Waals surface area contributed by atoms with Crippen LogP contribution in [0.3, 0.4) is 0 Å². The first-order chi connectivity index (χ1) is 15.4. The minimum Gasteiger partial charge on any atom is -0.492 e. The predicted octanol–water partition coefficient (Wildman–Crippen LogP) is 3.44. The van der Waals surface area contributed by atoms with Gasteiger partial charge in [-0.25, -0.2) is 8.42 Å². The van der Waals surface area contributed by atoms with E-state index in [1.807, 2.05) is 6.07 Å². The van der Waals surface area contributed by atoms with Crippen LogP contribution in [-0.4, -0.2) is 63.8 Å². The molecule has 0 aromatic heterocycles. The Balaban J connectivity index is 1.35. The number of carbonyl (C=O) groups excluding carboxylic acids is 1. The summed E-state index contributed by atoms with van der Waals surface area (Å²) >= 11 is 13.4. The first-order valence-corrected chi connectivity index (χ1v) is 13.3. The van der Waals surface area contributed by atoms with Crippen LogP contribution in [0.2, 0.25) is 10.0 Å². The number of rotatable bonds is 10. The number of nitrogens with one attached hydrogen (secondary N) is 1. The zero-order chi connectivity index (χ0) is 23.0. The second kappa shape index (κ2) is 12.1. The van der Waals surface area contributed by atoms with E-state index in [2.05, 4.69) is 5.32 Å². The van der Waals surface area contributed by atoms with Crippen molar-refractivity contribution in [1.29, 1.82) is 0 Å². The lowest BCUT2D eigenvalue weighted by atomic mass is 10.2. The predicted molar refractivity (Wildman–Crippen MR) is 127 cm³/mol. The van der Waals surface area contributed by atoms with Crippen molar-refractivity contribution in [3.8, 4) is 5.75 Å². The van der Waals surface area contributed by atoms with Crippen LogP contribution in [0.4, 0.5) is 0 Å². The fourth-order valence-electron chi connectivity index (χ4n) is 2.95. The van der Waals surface area contributed by atoms with Gasteiger partial charge < -0.3 is 14.8 Å². The zero-order valence-corrected chi connectivity index (χ0v) is 20.4. The van der Waals surface area contributed by atoms with Crippen LogP contribution in [0.25, 0.3) is 0 Å². The minimum atomic E-state index is -3.52. The molecular formula is C21H24Cl2N2O5S2. The third-order valence-corrected chi connectivity index (χ3v) is 8.27. The molecule has 1 fully saturated rings. The molecule has 1 N–H and O–H groups in total. The van der Waals surface area contributed by atoms with Crippen molar-refractivity contribution in [2.24, 2.45) is 0 Å². The molecule has 0 bridgehead atoms. The van der Waals surface area contributed by atoms with Crippen molar-refractivity contribution in [2.45, 2.75) is 10.6 Å². The van der Waals surface area contributed by atoms with Crippen LogP contribution in [0.5, 0.6) is 5.75 Å². The van der Waals surface area contributed by atoms with Crippen LogP contribution in [0.1, 0.15) is 5.56 Å². The average Bonchev–Trinajstić information content (AvgIpc) is 2.80. The zero-order valence-electron chi connectivity index (χ0n) is 17.3. The van der Waals surface area contributed by atoms with E-state index in [9.17, 15) is 13.2 Å². The molecule has 1 amide bonds. The van der Waals surface area contributed by atoms with E-state index in [1.165, 1.54) is 28.2 Å². The summed E-state index contributed by atoms with van der Waals surface area (Å²) in [7, 11) is -3.52. The summed E-state index contributed by atoms with van der Waals surface area (Å²) < 4.78 is 37.4. The van der Waals surface area contributed by atoms with Gasteiger partial charge in [-0.2, -0.15) is 4.31 Å². The van der Waals surface area contributed by atoms with E-state index < -0.39 is 10.0 Å². The molecule has 0 aliphatic carbocycles. The maximum atomic E-state index is 12.6. The van der Waals surface area contributed by atoms with Gasteiger partial charge in [-0.3, -0.25) is 4.79 Å². The molecule has 1 aliphatic rings. The van der Waals surface area contributed by atoms with Gasteiger partial charge >= 0.3 is 0 Å². The van der Waals surface area contributed by atoms with Crippen LogP contribution >= 0.6 is 35.0 Å². The summed E-state index contributed by atoms with van der Waals surface area (Å²) in [5, 5.41) is 3.80. The fourth-order valence-corrected chi connectivity index (χ4v) is 5.48. The average molecular weight is 519 g/mol. The summed E-state index contributed by atoms with van der Waals surface area (Å²) in [6.07, 6.45) is 0. The monoisotopic (exact) mass is 518 g/mol. The molecule has 0 radical (unpaired) electrons. The SMILES string of the molecule is O=C(CSCc1ccc(Cl)c(Cl)c1)NCCOc1ccc(S(=O)(=O)N2CCOCC2)cc1. The third kappa shape index (κ3) is 7.26. The number of nitrogens with zero attached hydrogens (tertiary/aromatic N) is 1. The van der Waals surface area contributed by atoms with Crippen LogP contribution in [0, 0.1) is 0 Å². The number of ether oxygens (including phenoxy) is 2. The van der Waals surface area contributed by atoms with Crippen molar-refractivity contribution < 1.29 is 22.7 Å². The van der Waals surface area contributed by atoms with Crippen LogP contribution in [-0.2, 0) is 25.3 Å². The summed E-state index contributed by atoms with van der Waals surface area (Å²) in [5.74, 6) is 1.41. The standard InChI is InChI=1S/C21H24Cl2N2O5S2/c22-19-6-1-16(13-20(19)23)14-31-15-21(26)24-7-10-30-17-2-4-18(5-3-17)32(27,28)25-8-11-29-12-9-25/h1-6,13H,7-12,14-15H2,(H,24,26). The molecule has 2 aromatic rings. The molecule has 1 saturated heterocycles. The number of morpholine rings is 1. The van der Waals surface area contributed by atoms with E-state index in [-0.39, 0.29) is 17.4 Å². The van der Waals surface area contributed by atoms with Crippen molar-refractivity contribution in [1.82, 2.24) is 9.62 Å². The Bertz CT molecular complexity index is 1010. The number of benzene rings is 2. The number of thioether (sulfide) groups is 1. The Morgan fingerprint density at radius 3 is 2.50 bits per heavy atom. The maximum Gasteiger partial charge on any atom is 0.243 e. The van der Waals surface area contributed by atoms with Gasteiger partial charge in [0.2, 0.25) is 15.9 Å². The number of halogens is 2. The molecule has 32 heavy (non-hydrogen) atoms. The number of hydrogen-bond donors (Lipinski definition) is 1. The summed E-state index contributed by atoms with van der Waals surface area (Å²) in [6.45, 7) is 2.14. The van der Waals surface area contributed by atoms with Gasteiger partial charge in [-0.1, -0.05) is 29.3 Å². The lowest BCUT2D eigenvalue weighted by Crippen LogP contribution is -2.40. The van der Waals surface area contributed by atoms with E-state index >= 15 is 0 Å². The highest BCUT2D eigenvalue weighted by atomic mass is 35.5. The fraction of sp³-hybridized carbons (Fsp3) is 0.381. The highest BCUT2D eigenvalue weighted by Crippen LogP contribution is 2.24. The Morgan fingerprint density at radius 2 is 1.81 bits per heavy atom. The Morgan fingerprint density at radius 1 is 1.09 bits per heavy atom. The lowest BCUT2D eigenvalue weighted by molar-refractivity contribution is -0.118. The molecule has 0 saturated carbocycles. The van der Waals surface area contributed by atoms with Crippen LogP contribution in [0.15, 0.2) is 47.4 Å². The van der Waals surface area contributed by atoms with Gasteiger partial charge in [0, 0.05) is 18.8 Å². The van der Waals surface area contributed by atoms with E-state index in [0.29, 0.717) is 60.1 Å². The third-order valence-electron chi connectivity index (χ3n) is 4.61. The Hall–Kier alpha value is -1.49. The van der Waals surface area contributed by atoms with Crippen LogP contribution < -0.4 is 10.1 Å². The Labute approximate surface area is 202 Å². The molecule has 0 spiro atoms. The molecule has 1 heterocycles. The molecule has 0 atom stereocenters. The smallest absolute Gasteiger partial charge is 0.243 e. The topological polar surface area (TPSA) is 84.9 Å². The first-order valence-electron chi connectivity index (χ1n) is 9.95. The van der Waals surface area contributed by atoms with Gasteiger partial charge in [0.15, 0.2) is 0 Å². The molecule has 0 unspecified atom stereocenters. The number of hydrogen-bond acceptors (Lipinski definition) is 6. The van der Waals surface area contributed by atoms with Crippen molar-refractivity contribution >= 4 is 50.9 Å². The largest absolute Gasteiger partial charge is 0.492 e. The maximum absolute atomic E-state index is 12.6. The molecule has 3 rings (SSSR count). The van der Waals surface area contributed by atoms with Gasteiger partial charge in [-0.15, -0.1) is 11.8 Å². The van der Waals surface area contributed by atoms with Crippen molar-refractivity contribution in [3.05, 3.63) is 58.1 Å². The minimum absolute atomic E-state index is 0.0920. The van der Waals surface area contributed by atoms with Gasteiger partial charge in [0.05, 0.1) is 40.5 Å². The molecule has 2 aromatic carbocycles. The number of carbonyl (C=O) groups is 1. The number of amides is 1. The van der Waals surface area contributed by atoms with Gasteiger partial charge in [0.25, 0.3) is 0 Å². The Kier molecular flexibility index (Phi) is 9.51. The van der Waals surface area contributed by atoms with E-state index in [4.69, 9.17) is 32.7 Å². The molecule has 1 aliphatic heterocycles. The molecular weight excluding hydrogens is 495 g/mol. The molecule has 174 valence electrons. The van der Waals surface area contributed by atoms with E-state index in [0.717, 1.165) is 5.56 Å². The summed E-state index contributed by atoms with van der Waals surface area (Å²) in [4.78, 5) is 12.2. The molecule has 7 nitrogen and oxygen atoms in total. The normalized spacial score (nSPS) is 14.8. The van der Waals surface area contributed by atoms with E-state index in [1.54, 1.807) is 24.3 Å². The van der Waals surface area contributed by atoms with Crippen molar-refractivity contribution in [2.75, 3.05) is 45.2 Å². The second-order valence-electron chi connectivity index (χ2n) is 6.93. The highest BCUT2D eigenvalue weighted by Gasteiger charge is 2.26. The summed E-state index contributed by atoms with van der Waals surface area (Å²) in [5.41, 5.74) is 1.000. The quantitative estimate of drug-likeness (QED) is 0.485. The summed E-state index contributed by atoms with van der Waals surface area (Å²) in [6, 6.07) is 11.7. The second-order valence-corrected chi connectivity index (χ2v) is 10.7. The van der Waals surface area contributed by atoms with Crippen molar-refractivity contribution in [3.63, 3.8) is 0 Å². The lowest BCUT2D eigenvalue weighted by Gasteiger charge is -2.26. The van der Waals surface area contributed by atoms with Gasteiger partial charge in [0.1, 0.15) is 12.4 Å². The number of sulfonamides is 1.